The molecule has 2 amide bonds. The van der Waals surface area contributed by atoms with Gasteiger partial charge >= 0.3 is 0 Å². The summed E-state index contributed by atoms with van der Waals surface area (Å²) in [5.74, 6) is -0.714. The molecule has 2 atom stereocenters. The minimum Gasteiger partial charge on any atom is -0.354 e. The average molecular weight is 427 g/mol. The third kappa shape index (κ3) is 8.18. The highest BCUT2D eigenvalue weighted by Gasteiger charge is 2.24. The number of nitrogens with zero attached hydrogens (tertiary/aromatic N) is 1. The molecule has 0 saturated carbocycles. The van der Waals surface area contributed by atoms with Crippen LogP contribution in [0.5, 0.6) is 0 Å². The minimum absolute atomic E-state index is 0.0294. The zero-order valence-electron chi connectivity index (χ0n) is 17.8. The van der Waals surface area contributed by atoms with E-state index in [9.17, 15) is 19.7 Å². The Morgan fingerprint density at radius 3 is 2.23 bits per heavy atom. The van der Waals surface area contributed by atoms with Crippen LogP contribution in [0.2, 0.25) is 0 Å². The first-order chi connectivity index (χ1) is 14.9. The van der Waals surface area contributed by atoms with E-state index in [2.05, 4.69) is 17.6 Å². The first kappa shape index (κ1) is 24.0. The van der Waals surface area contributed by atoms with Crippen LogP contribution in [0.3, 0.4) is 0 Å². The number of carbonyl (C=O) groups is 2. The van der Waals surface area contributed by atoms with Crippen LogP contribution in [0.25, 0.3) is 0 Å². The molecular weight excluding hydrogens is 396 g/mol. The molecule has 0 fully saturated rings. The molecule has 0 radical (unpaired) electrons. The van der Waals surface area contributed by atoms with Crippen LogP contribution in [0.4, 0.5) is 5.69 Å². The zero-order valence-corrected chi connectivity index (χ0v) is 17.8. The SMILES string of the molecule is CCCCCNC(=O)[C@H](Cc1ccc([N+](=O)[O-])cc1)NC(=O)[C@@H](N)Cc1ccccc1. The van der Waals surface area contributed by atoms with E-state index in [-0.39, 0.29) is 18.0 Å². The highest BCUT2D eigenvalue weighted by Crippen LogP contribution is 2.13. The topological polar surface area (TPSA) is 127 Å². The summed E-state index contributed by atoms with van der Waals surface area (Å²) in [6, 6.07) is 13.7. The summed E-state index contributed by atoms with van der Waals surface area (Å²) in [5, 5.41) is 16.5. The number of unbranched alkanes of at least 4 members (excludes halogenated alkanes) is 2. The molecule has 31 heavy (non-hydrogen) atoms. The van der Waals surface area contributed by atoms with E-state index >= 15 is 0 Å². The van der Waals surface area contributed by atoms with Crippen molar-refractivity contribution in [3.05, 3.63) is 75.8 Å². The van der Waals surface area contributed by atoms with Crippen molar-refractivity contribution in [2.24, 2.45) is 5.73 Å². The summed E-state index contributed by atoms with van der Waals surface area (Å²) in [4.78, 5) is 35.8. The standard InChI is InChI=1S/C23H30N4O4/c1-2-3-7-14-25-23(29)21(16-18-10-12-19(13-11-18)27(30)31)26-22(28)20(24)15-17-8-5-4-6-9-17/h4-6,8-13,20-21H,2-3,7,14-16,24H2,1H3,(H,25,29)(H,26,28)/t20-,21-/m0/s1. The van der Waals surface area contributed by atoms with E-state index in [0.29, 0.717) is 18.5 Å². The minimum atomic E-state index is -0.822. The molecule has 8 heteroatoms. The predicted octanol–water partition coefficient (Wildman–Crippen LogP) is 2.50. The lowest BCUT2D eigenvalue weighted by molar-refractivity contribution is -0.384. The fourth-order valence-electron chi connectivity index (χ4n) is 3.15. The van der Waals surface area contributed by atoms with E-state index in [1.807, 2.05) is 30.3 Å². The van der Waals surface area contributed by atoms with Gasteiger partial charge in [-0.1, -0.05) is 62.2 Å². The second-order valence-corrected chi connectivity index (χ2v) is 7.48. The van der Waals surface area contributed by atoms with Crippen molar-refractivity contribution in [2.45, 2.75) is 51.1 Å². The molecule has 2 rings (SSSR count). The van der Waals surface area contributed by atoms with Crippen molar-refractivity contribution in [3.8, 4) is 0 Å². The Hall–Kier alpha value is -3.26. The Morgan fingerprint density at radius 1 is 0.968 bits per heavy atom. The number of benzene rings is 2. The first-order valence-corrected chi connectivity index (χ1v) is 10.5. The molecule has 0 spiro atoms. The predicted molar refractivity (Wildman–Crippen MR) is 119 cm³/mol. The van der Waals surface area contributed by atoms with Gasteiger partial charge < -0.3 is 16.4 Å². The average Bonchev–Trinajstić information content (AvgIpc) is 2.77. The summed E-state index contributed by atoms with van der Waals surface area (Å²) in [6.07, 6.45) is 3.46. The number of carbonyl (C=O) groups excluding carboxylic acids is 2. The van der Waals surface area contributed by atoms with Gasteiger partial charge in [0.1, 0.15) is 6.04 Å². The van der Waals surface area contributed by atoms with Gasteiger partial charge in [0.15, 0.2) is 0 Å². The van der Waals surface area contributed by atoms with Gasteiger partial charge in [0.25, 0.3) is 5.69 Å². The molecule has 0 aliphatic rings. The van der Waals surface area contributed by atoms with Gasteiger partial charge in [-0.05, 0) is 24.0 Å². The maximum atomic E-state index is 12.7. The fourth-order valence-corrected chi connectivity index (χ4v) is 3.15. The zero-order chi connectivity index (χ0) is 22.6. The van der Waals surface area contributed by atoms with Crippen molar-refractivity contribution in [3.63, 3.8) is 0 Å². The lowest BCUT2D eigenvalue weighted by Gasteiger charge is -2.21. The van der Waals surface area contributed by atoms with E-state index in [4.69, 9.17) is 5.73 Å². The number of nitro groups is 1. The van der Waals surface area contributed by atoms with Gasteiger partial charge in [-0.2, -0.15) is 0 Å². The summed E-state index contributed by atoms with van der Waals surface area (Å²) < 4.78 is 0. The number of hydrogen-bond acceptors (Lipinski definition) is 5. The number of non-ortho nitro benzene ring substituents is 1. The molecule has 0 aromatic heterocycles. The Labute approximate surface area is 182 Å². The van der Waals surface area contributed by atoms with Crippen LogP contribution in [0, 0.1) is 10.1 Å². The summed E-state index contributed by atoms with van der Waals surface area (Å²) >= 11 is 0. The Balaban J connectivity index is 2.05. The molecule has 0 aliphatic heterocycles. The third-order valence-electron chi connectivity index (χ3n) is 4.93. The fraction of sp³-hybridized carbons (Fsp3) is 0.391. The highest BCUT2D eigenvalue weighted by atomic mass is 16.6. The van der Waals surface area contributed by atoms with Crippen LogP contribution in [0.15, 0.2) is 54.6 Å². The second kappa shape index (κ2) is 12.4. The summed E-state index contributed by atoms with van der Waals surface area (Å²) in [6.45, 7) is 2.60. The van der Waals surface area contributed by atoms with Crippen LogP contribution in [-0.4, -0.2) is 35.4 Å². The molecule has 8 nitrogen and oxygen atoms in total. The monoisotopic (exact) mass is 426 g/mol. The van der Waals surface area contributed by atoms with E-state index in [1.165, 1.54) is 12.1 Å². The molecule has 4 N–H and O–H groups in total. The molecule has 0 saturated heterocycles. The van der Waals surface area contributed by atoms with Crippen LogP contribution >= 0.6 is 0 Å². The normalized spacial score (nSPS) is 12.6. The number of hydrogen-bond donors (Lipinski definition) is 3. The largest absolute Gasteiger partial charge is 0.354 e. The van der Waals surface area contributed by atoms with Crippen molar-refractivity contribution < 1.29 is 14.5 Å². The lowest BCUT2D eigenvalue weighted by Crippen LogP contribution is -2.53. The number of nitrogens with one attached hydrogen (secondary N) is 2. The van der Waals surface area contributed by atoms with Gasteiger partial charge in [-0.25, -0.2) is 0 Å². The van der Waals surface area contributed by atoms with Crippen LogP contribution in [0.1, 0.15) is 37.3 Å². The Morgan fingerprint density at radius 2 is 1.61 bits per heavy atom. The van der Waals surface area contributed by atoms with Crippen molar-refractivity contribution >= 4 is 17.5 Å². The molecule has 0 heterocycles. The quantitative estimate of drug-likeness (QED) is 0.273. The number of nitrogens with two attached hydrogens (primary N) is 1. The van der Waals surface area contributed by atoms with Gasteiger partial charge in [0.2, 0.25) is 11.8 Å². The van der Waals surface area contributed by atoms with Crippen LogP contribution in [-0.2, 0) is 22.4 Å². The maximum Gasteiger partial charge on any atom is 0.269 e. The van der Waals surface area contributed by atoms with Crippen LogP contribution < -0.4 is 16.4 Å². The molecule has 2 aromatic rings. The molecule has 0 unspecified atom stereocenters. The molecule has 166 valence electrons. The number of amides is 2. The number of rotatable bonds is 12. The maximum absolute atomic E-state index is 12.7. The summed E-state index contributed by atoms with van der Waals surface area (Å²) in [5.41, 5.74) is 7.67. The highest BCUT2D eigenvalue weighted by molar-refractivity contribution is 5.90. The molecule has 0 aliphatic carbocycles. The third-order valence-corrected chi connectivity index (χ3v) is 4.93. The van der Waals surface area contributed by atoms with Gasteiger partial charge in [-0.3, -0.25) is 19.7 Å². The lowest BCUT2D eigenvalue weighted by atomic mass is 10.0. The Kier molecular flexibility index (Phi) is 9.64. The molecule has 2 aromatic carbocycles. The van der Waals surface area contributed by atoms with Gasteiger partial charge in [-0.15, -0.1) is 0 Å². The molecular formula is C23H30N4O4. The van der Waals surface area contributed by atoms with Crippen molar-refractivity contribution in [1.29, 1.82) is 0 Å². The van der Waals surface area contributed by atoms with E-state index in [0.717, 1.165) is 24.8 Å². The van der Waals surface area contributed by atoms with Crippen molar-refractivity contribution in [1.82, 2.24) is 10.6 Å². The van der Waals surface area contributed by atoms with E-state index < -0.39 is 22.9 Å². The van der Waals surface area contributed by atoms with Crippen molar-refractivity contribution in [2.75, 3.05) is 6.54 Å². The first-order valence-electron chi connectivity index (χ1n) is 10.5. The number of nitro benzene ring substituents is 1. The van der Waals surface area contributed by atoms with E-state index in [1.54, 1.807) is 12.1 Å². The van der Waals surface area contributed by atoms with Gasteiger partial charge in [0, 0.05) is 25.1 Å². The second-order valence-electron chi connectivity index (χ2n) is 7.48. The van der Waals surface area contributed by atoms with Gasteiger partial charge in [0.05, 0.1) is 11.0 Å². The molecule has 0 bridgehead atoms. The smallest absolute Gasteiger partial charge is 0.269 e. The Bertz CT molecular complexity index is 856. The summed E-state index contributed by atoms with van der Waals surface area (Å²) in [7, 11) is 0.